The highest BCUT2D eigenvalue weighted by atomic mass is 16.5. The van der Waals surface area contributed by atoms with E-state index in [4.69, 9.17) is 5.11 Å². The zero-order chi connectivity index (χ0) is 7.49. The Bertz CT molecular complexity index is 97.7. The topological polar surface area (TPSA) is 81.5 Å². The summed E-state index contributed by atoms with van der Waals surface area (Å²) < 4.78 is 4.48. The highest BCUT2D eigenvalue weighted by molar-refractivity contribution is 5.37. The SMILES string of the molecule is CC(OC=O)C(C)(C)O.N. The van der Waals surface area contributed by atoms with Gasteiger partial charge in [-0.3, -0.25) is 4.79 Å². The quantitative estimate of drug-likeness (QED) is 0.572. The molecule has 0 rings (SSSR count). The molecule has 0 amide bonds. The molecule has 0 spiro atoms. The third-order valence-electron chi connectivity index (χ3n) is 1.25. The number of carbonyl (C=O) groups is 1. The summed E-state index contributed by atoms with van der Waals surface area (Å²) >= 11 is 0. The van der Waals surface area contributed by atoms with Gasteiger partial charge in [-0.05, 0) is 20.8 Å². The van der Waals surface area contributed by atoms with Crippen molar-refractivity contribution >= 4 is 6.47 Å². The van der Waals surface area contributed by atoms with E-state index in [1.807, 2.05) is 0 Å². The van der Waals surface area contributed by atoms with E-state index < -0.39 is 11.7 Å². The van der Waals surface area contributed by atoms with Crippen molar-refractivity contribution in [2.24, 2.45) is 0 Å². The molecule has 0 fully saturated rings. The van der Waals surface area contributed by atoms with Crippen LogP contribution in [-0.2, 0) is 9.53 Å². The van der Waals surface area contributed by atoms with Gasteiger partial charge in [0.05, 0.1) is 5.60 Å². The van der Waals surface area contributed by atoms with Crippen LogP contribution in [0.3, 0.4) is 0 Å². The van der Waals surface area contributed by atoms with Crippen molar-refractivity contribution in [1.82, 2.24) is 6.15 Å². The van der Waals surface area contributed by atoms with E-state index in [-0.39, 0.29) is 6.15 Å². The lowest BCUT2D eigenvalue weighted by Crippen LogP contribution is -2.35. The smallest absolute Gasteiger partial charge is 0.293 e. The van der Waals surface area contributed by atoms with Gasteiger partial charge in [-0.15, -0.1) is 0 Å². The minimum absolute atomic E-state index is 0. The molecule has 0 aromatic rings. The lowest BCUT2D eigenvalue weighted by Gasteiger charge is -2.23. The largest absolute Gasteiger partial charge is 0.462 e. The fourth-order valence-electron chi connectivity index (χ4n) is 0.250. The number of aliphatic hydroxyl groups is 1. The van der Waals surface area contributed by atoms with Crippen LogP contribution >= 0.6 is 0 Å². The average Bonchev–Trinajstić information content (AvgIpc) is 1.64. The van der Waals surface area contributed by atoms with E-state index in [9.17, 15) is 4.79 Å². The molecule has 0 heterocycles. The second-order valence-electron chi connectivity index (χ2n) is 2.53. The molecule has 4 nitrogen and oxygen atoms in total. The highest BCUT2D eigenvalue weighted by Gasteiger charge is 2.22. The van der Waals surface area contributed by atoms with E-state index in [0.717, 1.165) is 0 Å². The average molecular weight is 149 g/mol. The molecule has 0 saturated carbocycles. The van der Waals surface area contributed by atoms with Crippen LogP contribution in [0.15, 0.2) is 0 Å². The summed E-state index contributed by atoms with van der Waals surface area (Å²) in [5, 5.41) is 9.13. The molecule has 1 unspecified atom stereocenters. The summed E-state index contributed by atoms with van der Waals surface area (Å²) in [6.45, 7) is 5.14. The van der Waals surface area contributed by atoms with Crippen molar-refractivity contribution in [3.05, 3.63) is 0 Å². The zero-order valence-electron chi connectivity index (χ0n) is 6.63. The first kappa shape index (κ1) is 12.1. The number of hydrogen-bond donors (Lipinski definition) is 2. The summed E-state index contributed by atoms with van der Waals surface area (Å²) in [7, 11) is 0. The van der Waals surface area contributed by atoms with Crippen LogP contribution < -0.4 is 6.15 Å². The second kappa shape index (κ2) is 4.24. The van der Waals surface area contributed by atoms with Crippen LogP contribution in [0.25, 0.3) is 0 Å². The monoisotopic (exact) mass is 149 g/mol. The maximum atomic E-state index is 9.73. The minimum Gasteiger partial charge on any atom is -0.462 e. The Morgan fingerprint density at radius 3 is 2.10 bits per heavy atom. The van der Waals surface area contributed by atoms with Crippen LogP contribution in [0.4, 0.5) is 0 Å². The van der Waals surface area contributed by atoms with Gasteiger partial charge in [0.1, 0.15) is 6.10 Å². The predicted octanol–water partition coefficient (Wildman–Crippen LogP) is 0.481. The fourth-order valence-corrected chi connectivity index (χ4v) is 0.250. The van der Waals surface area contributed by atoms with E-state index >= 15 is 0 Å². The summed E-state index contributed by atoms with van der Waals surface area (Å²) in [6.07, 6.45) is -0.449. The fraction of sp³-hybridized carbons (Fsp3) is 0.833. The third kappa shape index (κ3) is 4.29. The molecule has 0 aliphatic carbocycles. The molecular formula is C6H15NO3. The highest BCUT2D eigenvalue weighted by Crippen LogP contribution is 2.09. The van der Waals surface area contributed by atoms with Gasteiger partial charge in [-0.25, -0.2) is 0 Å². The number of rotatable bonds is 3. The maximum Gasteiger partial charge on any atom is 0.293 e. The molecule has 0 bridgehead atoms. The van der Waals surface area contributed by atoms with Crippen molar-refractivity contribution in [2.45, 2.75) is 32.5 Å². The summed E-state index contributed by atoms with van der Waals surface area (Å²) in [5.41, 5.74) is -0.944. The first-order valence-corrected chi connectivity index (χ1v) is 2.80. The molecule has 0 radical (unpaired) electrons. The molecule has 0 aromatic heterocycles. The minimum atomic E-state index is -0.944. The Morgan fingerprint density at radius 1 is 1.60 bits per heavy atom. The lowest BCUT2D eigenvalue weighted by atomic mass is 10.0. The van der Waals surface area contributed by atoms with Crippen LogP contribution in [0.5, 0.6) is 0 Å². The standard InChI is InChI=1S/C6H12O3.H3N/c1-5(9-4-7)6(2,3)8;/h4-5,8H,1-3H3;1H3. The van der Waals surface area contributed by atoms with Crippen molar-refractivity contribution in [3.8, 4) is 0 Å². The second-order valence-corrected chi connectivity index (χ2v) is 2.53. The van der Waals surface area contributed by atoms with Crippen LogP contribution in [0.1, 0.15) is 20.8 Å². The Hall–Kier alpha value is -0.610. The lowest BCUT2D eigenvalue weighted by molar-refractivity contribution is -0.144. The van der Waals surface area contributed by atoms with Crippen LogP contribution in [-0.4, -0.2) is 23.3 Å². The Balaban J connectivity index is 0. The Labute approximate surface area is 60.8 Å². The van der Waals surface area contributed by atoms with E-state index in [2.05, 4.69) is 4.74 Å². The summed E-state index contributed by atoms with van der Waals surface area (Å²) in [4.78, 5) is 9.73. The third-order valence-corrected chi connectivity index (χ3v) is 1.25. The van der Waals surface area contributed by atoms with Gasteiger partial charge in [-0.2, -0.15) is 0 Å². The first-order valence-electron chi connectivity index (χ1n) is 2.80. The van der Waals surface area contributed by atoms with Crippen LogP contribution in [0.2, 0.25) is 0 Å². The van der Waals surface area contributed by atoms with Gasteiger partial charge >= 0.3 is 0 Å². The number of hydrogen-bond acceptors (Lipinski definition) is 4. The normalized spacial score (nSPS) is 13.2. The van der Waals surface area contributed by atoms with Gasteiger partial charge in [0.15, 0.2) is 0 Å². The van der Waals surface area contributed by atoms with Crippen molar-refractivity contribution in [2.75, 3.05) is 0 Å². The molecule has 1 atom stereocenters. The molecule has 0 aromatic carbocycles. The van der Waals surface area contributed by atoms with Gasteiger partial charge in [0, 0.05) is 0 Å². The molecule has 0 aliphatic rings. The van der Waals surface area contributed by atoms with E-state index in [1.54, 1.807) is 20.8 Å². The summed E-state index contributed by atoms with van der Waals surface area (Å²) in [6, 6.07) is 0. The summed E-state index contributed by atoms with van der Waals surface area (Å²) in [5.74, 6) is 0. The van der Waals surface area contributed by atoms with Crippen molar-refractivity contribution < 1.29 is 14.6 Å². The van der Waals surface area contributed by atoms with Gasteiger partial charge < -0.3 is 16.0 Å². The maximum absolute atomic E-state index is 9.73. The van der Waals surface area contributed by atoms with Crippen LogP contribution in [0, 0.1) is 0 Å². The predicted molar refractivity (Wildman–Crippen MR) is 37.9 cm³/mol. The van der Waals surface area contributed by atoms with E-state index in [1.165, 1.54) is 0 Å². The Kier molecular flexibility index (Phi) is 5.14. The molecule has 0 saturated heterocycles. The Morgan fingerprint density at radius 2 is 2.00 bits per heavy atom. The molecule has 4 heteroatoms. The molecule has 0 aliphatic heterocycles. The zero-order valence-corrected chi connectivity index (χ0v) is 6.63. The molecular weight excluding hydrogens is 134 g/mol. The first-order chi connectivity index (χ1) is 3.98. The molecule has 62 valence electrons. The van der Waals surface area contributed by atoms with Crippen molar-refractivity contribution in [3.63, 3.8) is 0 Å². The molecule has 10 heavy (non-hydrogen) atoms. The van der Waals surface area contributed by atoms with E-state index in [0.29, 0.717) is 6.47 Å². The van der Waals surface area contributed by atoms with Gasteiger partial charge in [0.25, 0.3) is 6.47 Å². The number of carbonyl (C=O) groups excluding carboxylic acids is 1. The number of ether oxygens (including phenoxy) is 1. The molecule has 4 N–H and O–H groups in total. The van der Waals surface area contributed by atoms with Crippen molar-refractivity contribution in [1.29, 1.82) is 0 Å². The van der Waals surface area contributed by atoms with Gasteiger partial charge in [0.2, 0.25) is 0 Å². The van der Waals surface area contributed by atoms with Gasteiger partial charge in [-0.1, -0.05) is 0 Å².